The van der Waals surface area contributed by atoms with Crippen LogP contribution in [0.4, 0.5) is 0 Å². The Bertz CT molecular complexity index is 391. The molecule has 1 aromatic carbocycles. The molecule has 1 rings (SSSR count). The van der Waals surface area contributed by atoms with Crippen molar-refractivity contribution in [1.29, 1.82) is 5.26 Å². The van der Waals surface area contributed by atoms with Crippen LogP contribution in [-0.4, -0.2) is 11.5 Å². The summed E-state index contributed by atoms with van der Waals surface area (Å²) in [6, 6.07) is 9.52. The molecule has 0 spiro atoms. The van der Waals surface area contributed by atoms with Crippen LogP contribution in [-0.2, 0) is 0 Å². The lowest BCUT2D eigenvalue weighted by Crippen LogP contribution is -2.11. The van der Waals surface area contributed by atoms with Crippen LogP contribution in [0.25, 0.3) is 0 Å². The second-order valence-electron chi connectivity index (χ2n) is 3.41. The summed E-state index contributed by atoms with van der Waals surface area (Å²) in [5.41, 5.74) is 0.633. The van der Waals surface area contributed by atoms with E-state index in [0.29, 0.717) is 12.0 Å². The summed E-state index contributed by atoms with van der Waals surface area (Å²) >= 11 is 1.74. The standard InChI is InChI=1S/C13H15NOS/c1-3-10(9-14)13(15)11-5-7-12(8-6-11)16-4-2/h5-8,10H,3-4H2,1-2H3. The molecule has 84 valence electrons. The first-order valence-corrected chi connectivity index (χ1v) is 6.38. The zero-order chi connectivity index (χ0) is 12.0. The number of rotatable bonds is 5. The van der Waals surface area contributed by atoms with E-state index >= 15 is 0 Å². The fourth-order valence-electron chi connectivity index (χ4n) is 1.42. The second kappa shape index (κ2) is 6.34. The van der Waals surface area contributed by atoms with Crippen molar-refractivity contribution in [2.75, 3.05) is 5.75 Å². The van der Waals surface area contributed by atoms with Gasteiger partial charge in [-0.05, 0) is 24.3 Å². The first kappa shape index (κ1) is 12.8. The molecule has 0 amide bonds. The van der Waals surface area contributed by atoms with Crippen molar-refractivity contribution in [2.45, 2.75) is 25.2 Å². The largest absolute Gasteiger partial charge is 0.293 e. The number of hydrogen-bond acceptors (Lipinski definition) is 3. The maximum atomic E-state index is 11.8. The van der Waals surface area contributed by atoms with E-state index in [-0.39, 0.29) is 5.78 Å². The lowest BCUT2D eigenvalue weighted by Gasteiger charge is -2.05. The minimum absolute atomic E-state index is 0.0713. The average Bonchev–Trinajstić information content (AvgIpc) is 2.32. The Morgan fingerprint density at radius 2 is 2.00 bits per heavy atom. The number of ketones is 1. The van der Waals surface area contributed by atoms with Gasteiger partial charge in [0.1, 0.15) is 5.92 Å². The van der Waals surface area contributed by atoms with E-state index in [1.165, 1.54) is 0 Å². The van der Waals surface area contributed by atoms with Crippen molar-refractivity contribution in [1.82, 2.24) is 0 Å². The van der Waals surface area contributed by atoms with Gasteiger partial charge in [-0.2, -0.15) is 5.26 Å². The number of thioether (sulfide) groups is 1. The van der Waals surface area contributed by atoms with Crippen LogP contribution in [0.1, 0.15) is 30.6 Å². The third-order valence-electron chi connectivity index (χ3n) is 2.33. The number of Topliss-reactive ketones (excluding diaryl/α,β-unsaturated/α-hetero) is 1. The summed E-state index contributed by atoms with van der Waals surface area (Å²) in [5, 5.41) is 8.82. The number of nitriles is 1. The van der Waals surface area contributed by atoms with Gasteiger partial charge in [0, 0.05) is 10.5 Å². The normalized spacial score (nSPS) is 11.8. The van der Waals surface area contributed by atoms with Gasteiger partial charge in [0.05, 0.1) is 6.07 Å². The number of hydrogen-bond donors (Lipinski definition) is 0. The molecule has 1 aromatic rings. The van der Waals surface area contributed by atoms with Gasteiger partial charge in [-0.3, -0.25) is 4.79 Å². The SMILES string of the molecule is CCSc1ccc(C(=O)C(C#N)CC)cc1. The first-order chi connectivity index (χ1) is 7.72. The summed E-state index contributed by atoms with van der Waals surface area (Å²) in [5.74, 6) is 0.436. The Balaban J connectivity index is 2.82. The summed E-state index contributed by atoms with van der Waals surface area (Å²) < 4.78 is 0. The van der Waals surface area contributed by atoms with E-state index < -0.39 is 5.92 Å². The van der Waals surface area contributed by atoms with Crippen LogP contribution in [0.5, 0.6) is 0 Å². The summed E-state index contributed by atoms with van der Waals surface area (Å²) in [6.07, 6.45) is 0.570. The van der Waals surface area contributed by atoms with Gasteiger partial charge in [0.2, 0.25) is 0 Å². The molecule has 3 heteroatoms. The van der Waals surface area contributed by atoms with Crippen LogP contribution in [0.3, 0.4) is 0 Å². The molecule has 2 nitrogen and oxygen atoms in total. The molecule has 0 bridgehead atoms. The highest BCUT2D eigenvalue weighted by molar-refractivity contribution is 7.99. The Hall–Kier alpha value is -1.27. The van der Waals surface area contributed by atoms with E-state index in [2.05, 4.69) is 6.92 Å². The van der Waals surface area contributed by atoms with Gasteiger partial charge in [0.15, 0.2) is 5.78 Å². The van der Waals surface area contributed by atoms with Gasteiger partial charge >= 0.3 is 0 Å². The monoisotopic (exact) mass is 233 g/mol. The number of benzene rings is 1. The van der Waals surface area contributed by atoms with Crippen LogP contribution >= 0.6 is 11.8 Å². The molecule has 0 aromatic heterocycles. The number of carbonyl (C=O) groups excluding carboxylic acids is 1. The fraction of sp³-hybridized carbons (Fsp3) is 0.385. The molecular formula is C13H15NOS. The van der Waals surface area contributed by atoms with Gasteiger partial charge < -0.3 is 0 Å². The maximum absolute atomic E-state index is 11.8. The smallest absolute Gasteiger partial charge is 0.179 e. The molecule has 0 N–H and O–H groups in total. The van der Waals surface area contributed by atoms with Crippen molar-refractivity contribution >= 4 is 17.5 Å². The van der Waals surface area contributed by atoms with Gasteiger partial charge in [-0.25, -0.2) is 0 Å². The molecule has 0 saturated heterocycles. The molecule has 0 saturated carbocycles. The summed E-state index contributed by atoms with van der Waals surface area (Å²) in [6.45, 7) is 3.94. The Morgan fingerprint density at radius 3 is 2.44 bits per heavy atom. The van der Waals surface area contributed by atoms with E-state index in [9.17, 15) is 4.79 Å². The van der Waals surface area contributed by atoms with Crippen molar-refractivity contribution in [3.63, 3.8) is 0 Å². The topological polar surface area (TPSA) is 40.9 Å². The Kier molecular flexibility index (Phi) is 5.07. The van der Waals surface area contributed by atoms with Crippen LogP contribution < -0.4 is 0 Å². The highest BCUT2D eigenvalue weighted by Gasteiger charge is 2.17. The van der Waals surface area contributed by atoms with Gasteiger partial charge in [-0.15, -0.1) is 11.8 Å². The third kappa shape index (κ3) is 3.11. The summed E-state index contributed by atoms with van der Waals surface area (Å²) in [4.78, 5) is 13.0. The predicted molar refractivity (Wildman–Crippen MR) is 66.6 cm³/mol. The molecule has 0 aliphatic rings. The van der Waals surface area contributed by atoms with Crippen molar-refractivity contribution < 1.29 is 4.79 Å². The van der Waals surface area contributed by atoms with Crippen molar-refractivity contribution in [2.24, 2.45) is 5.92 Å². The Morgan fingerprint density at radius 1 is 1.38 bits per heavy atom. The zero-order valence-corrected chi connectivity index (χ0v) is 10.4. The zero-order valence-electron chi connectivity index (χ0n) is 9.56. The van der Waals surface area contributed by atoms with Crippen molar-refractivity contribution in [3.05, 3.63) is 29.8 Å². The molecule has 0 aliphatic carbocycles. The first-order valence-electron chi connectivity index (χ1n) is 5.39. The minimum atomic E-state index is -0.510. The quantitative estimate of drug-likeness (QED) is 0.577. The van der Waals surface area contributed by atoms with Gasteiger partial charge in [0.25, 0.3) is 0 Å². The molecule has 16 heavy (non-hydrogen) atoms. The fourth-order valence-corrected chi connectivity index (χ4v) is 2.08. The van der Waals surface area contributed by atoms with E-state index in [4.69, 9.17) is 5.26 Å². The highest BCUT2D eigenvalue weighted by Crippen LogP contribution is 2.19. The van der Waals surface area contributed by atoms with Crippen LogP contribution in [0.15, 0.2) is 29.2 Å². The van der Waals surface area contributed by atoms with E-state index in [0.717, 1.165) is 10.6 Å². The van der Waals surface area contributed by atoms with Gasteiger partial charge in [-0.1, -0.05) is 26.0 Å². The molecule has 1 atom stereocenters. The highest BCUT2D eigenvalue weighted by atomic mass is 32.2. The molecule has 0 aliphatic heterocycles. The molecule has 0 heterocycles. The second-order valence-corrected chi connectivity index (χ2v) is 4.75. The number of carbonyl (C=O) groups is 1. The molecular weight excluding hydrogens is 218 g/mol. The molecule has 0 fully saturated rings. The maximum Gasteiger partial charge on any atom is 0.179 e. The van der Waals surface area contributed by atoms with Crippen LogP contribution in [0, 0.1) is 17.2 Å². The van der Waals surface area contributed by atoms with Crippen molar-refractivity contribution in [3.8, 4) is 6.07 Å². The predicted octanol–water partition coefficient (Wildman–Crippen LogP) is 3.53. The van der Waals surface area contributed by atoms with E-state index in [1.54, 1.807) is 23.9 Å². The lowest BCUT2D eigenvalue weighted by atomic mass is 9.97. The molecule has 0 radical (unpaired) electrons. The Labute approximate surface area is 101 Å². The van der Waals surface area contributed by atoms with E-state index in [1.807, 2.05) is 25.1 Å². The lowest BCUT2D eigenvalue weighted by molar-refractivity contribution is 0.0946. The third-order valence-corrected chi connectivity index (χ3v) is 3.22. The summed E-state index contributed by atoms with van der Waals surface area (Å²) in [7, 11) is 0. The average molecular weight is 233 g/mol. The molecule has 1 unspecified atom stereocenters. The minimum Gasteiger partial charge on any atom is -0.293 e. The van der Waals surface area contributed by atoms with Crippen LogP contribution in [0.2, 0.25) is 0 Å². The number of nitrogens with zero attached hydrogens (tertiary/aromatic N) is 1.